The lowest BCUT2D eigenvalue weighted by Crippen LogP contribution is -1.83. The lowest BCUT2D eigenvalue weighted by atomic mass is 10.2. The molecule has 0 unspecified atom stereocenters. The van der Waals surface area contributed by atoms with Gasteiger partial charge in [0.1, 0.15) is 6.29 Å². The summed E-state index contributed by atoms with van der Waals surface area (Å²) in [6.07, 6.45) is 1.39. The lowest BCUT2D eigenvalue weighted by Gasteiger charge is -1.92. The van der Waals surface area contributed by atoms with Crippen LogP contribution in [0.3, 0.4) is 0 Å². The first-order chi connectivity index (χ1) is 6.29. The van der Waals surface area contributed by atoms with E-state index >= 15 is 0 Å². The average molecular weight is 256 g/mol. The highest BCUT2D eigenvalue weighted by atomic mass is 79.9. The average Bonchev–Trinajstić information content (AvgIpc) is 2.44. The van der Waals surface area contributed by atoms with Gasteiger partial charge in [0, 0.05) is 6.42 Å². The number of hydrogen-bond donors (Lipinski definition) is 0. The number of fused-ring (bicyclic) bond motifs is 1. The summed E-state index contributed by atoms with van der Waals surface area (Å²) >= 11 is 4.91. The molecule has 13 heavy (non-hydrogen) atoms. The minimum atomic E-state index is 0.478. The summed E-state index contributed by atoms with van der Waals surface area (Å²) in [6.45, 7) is 0. The largest absolute Gasteiger partial charge is 0.303 e. The number of rotatable bonds is 2. The highest BCUT2D eigenvalue weighted by molar-refractivity contribution is 9.11. The number of halogens is 1. The summed E-state index contributed by atoms with van der Waals surface area (Å²) < 4.78 is 2.00. The van der Waals surface area contributed by atoms with Crippen molar-refractivity contribution < 1.29 is 4.79 Å². The molecule has 1 aromatic carbocycles. The molecule has 4 heteroatoms. The molecule has 0 amide bonds. The Morgan fingerprint density at radius 1 is 1.54 bits per heavy atom. The second-order valence-electron chi connectivity index (χ2n) is 2.64. The van der Waals surface area contributed by atoms with Crippen molar-refractivity contribution in [3.63, 3.8) is 0 Å². The number of aromatic nitrogens is 1. The van der Waals surface area contributed by atoms with Crippen molar-refractivity contribution in [3.8, 4) is 0 Å². The maximum Gasteiger partial charge on any atom is 0.160 e. The van der Waals surface area contributed by atoms with E-state index in [1.165, 1.54) is 0 Å². The first-order valence-corrected chi connectivity index (χ1v) is 5.39. The Labute approximate surface area is 87.7 Å². The molecule has 1 heterocycles. The Bertz CT molecular complexity index is 452. The summed E-state index contributed by atoms with van der Waals surface area (Å²) in [5.41, 5.74) is 2.02. The van der Waals surface area contributed by atoms with Crippen molar-refractivity contribution in [2.24, 2.45) is 0 Å². The van der Waals surface area contributed by atoms with E-state index in [9.17, 15) is 4.79 Å². The summed E-state index contributed by atoms with van der Waals surface area (Å²) in [4.78, 5) is 14.6. The van der Waals surface area contributed by atoms with E-state index in [2.05, 4.69) is 20.9 Å². The number of aldehydes is 1. The number of nitrogens with zero attached hydrogens (tertiary/aromatic N) is 1. The van der Waals surface area contributed by atoms with Crippen LogP contribution < -0.4 is 0 Å². The minimum absolute atomic E-state index is 0.478. The Balaban J connectivity index is 2.54. The Hall–Kier alpha value is -0.740. The SMILES string of the molecule is O=CCc1ccc2nc(Br)sc2c1. The topological polar surface area (TPSA) is 30.0 Å². The van der Waals surface area contributed by atoms with Gasteiger partial charge in [-0.05, 0) is 33.6 Å². The summed E-state index contributed by atoms with van der Waals surface area (Å²) in [6, 6.07) is 5.88. The molecular formula is C9H6BrNOS. The highest BCUT2D eigenvalue weighted by Crippen LogP contribution is 2.26. The quantitative estimate of drug-likeness (QED) is 0.773. The molecule has 0 atom stereocenters. The maximum absolute atomic E-state index is 10.3. The monoisotopic (exact) mass is 255 g/mol. The summed E-state index contributed by atoms with van der Waals surface area (Å²) in [7, 11) is 0. The van der Waals surface area contributed by atoms with Gasteiger partial charge in [0.25, 0.3) is 0 Å². The van der Waals surface area contributed by atoms with Crippen LogP contribution in [0.2, 0.25) is 0 Å². The number of thiazole rings is 1. The molecule has 0 aliphatic heterocycles. The zero-order chi connectivity index (χ0) is 9.26. The van der Waals surface area contributed by atoms with Crippen LogP contribution in [0.25, 0.3) is 10.2 Å². The van der Waals surface area contributed by atoms with Crippen LogP contribution in [0, 0.1) is 0 Å². The molecule has 2 nitrogen and oxygen atoms in total. The van der Waals surface area contributed by atoms with Crippen molar-refractivity contribution in [1.29, 1.82) is 0 Å². The molecule has 0 saturated heterocycles. The third-order valence-corrected chi connectivity index (χ3v) is 3.22. The molecule has 1 aromatic heterocycles. The van der Waals surface area contributed by atoms with Crippen molar-refractivity contribution >= 4 is 43.8 Å². The second-order valence-corrected chi connectivity index (χ2v) is 4.95. The molecule has 0 aliphatic carbocycles. The minimum Gasteiger partial charge on any atom is -0.303 e. The molecule has 0 bridgehead atoms. The molecule has 66 valence electrons. The Kier molecular flexibility index (Phi) is 2.42. The Morgan fingerprint density at radius 2 is 2.38 bits per heavy atom. The van der Waals surface area contributed by atoms with Crippen LogP contribution in [0.4, 0.5) is 0 Å². The highest BCUT2D eigenvalue weighted by Gasteiger charge is 2.01. The number of hydrogen-bond acceptors (Lipinski definition) is 3. The van der Waals surface area contributed by atoms with Gasteiger partial charge in [0.05, 0.1) is 10.2 Å². The summed E-state index contributed by atoms with van der Waals surface area (Å²) in [5, 5.41) is 0. The standard InChI is InChI=1S/C9H6BrNOS/c10-9-11-7-2-1-6(3-4-12)5-8(7)13-9/h1-2,4-5H,3H2. The van der Waals surface area contributed by atoms with Gasteiger partial charge in [0.15, 0.2) is 3.92 Å². The van der Waals surface area contributed by atoms with E-state index in [4.69, 9.17) is 0 Å². The summed E-state index contributed by atoms with van der Waals surface area (Å²) in [5.74, 6) is 0. The van der Waals surface area contributed by atoms with Gasteiger partial charge in [-0.3, -0.25) is 0 Å². The Morgan fingerprint density at radius 3 is 3.15 bits per heavy atom. The smallest absolute Gasteiger partial charge is 0.160 e. The van der Waals surface area contributed by atoms with E-state index in [1.54, 1.807) is 11.3 Å². The van der Waals surface area contributed by atoms with Crippen LogP contribution in [0.1, 0.15) is 5.56 Å². The number of benzene rings is 1. The predicted molar refractivity (Wildman–Crippen MR) is 57.1 cm³/mol. The van der Waals surface area contributed by atoms with Gasteiger partial charge in [-0.25, -0.2) is 4.98 Å². The van der Waals surface area contributed by atoms with E-state index in [1.807, 2.05) is 18.2 Å². The van der Waals surface area contributed by atoms with Gasteiger partial charge in [-0.1, -0.05) is 6.07 Å². The zero-order valence-corrected chi connectivity index (χ0v) is 9.06. The van der Waals surface area contributed by atoms with Crippen molar-refractivity contribution in [2.75, 3.05) is 0 Å². The molecule has 0 radical (unpaired) electrons. The van der Waals surface area contributed by atoms with Gasteiger partial charge in [-0.2, -0.15) is 0 Å². The molecule has 0 N–H and O–H groups in total. The maximum atomic E-state index is 10.3. The zero-order valence-electron chi connectivity index (χ0n) is 6.66. The first kappa shape index (κ1) is 8.84. The fraction of sp³-hybridized carbons (Fsp3) is 0.111. The van der Waals surface area contributed by atoms with Gasteiger partial charge in [-0.15, -0.1) is 11.3 Å². The number of carbonyl (C=O) groups excluding carboxylic acids is 1. The molecule has 0 fully saturated rings. The third kappa shape index (κ3) is 1.78. The van der Waals surface area contributed by atoms with Gasteiger partial charge < -0.3 is 4.79 Å². The van der Waals surface area contributed by atoms with Crippen LogP contribution in [-0.4, -0.2) is 11.3 Å². The lowest BCUT2D eigenvalue weighted by molar-refractivity contribution is -0.107. The first-order valence-electron chi connectivity index (χ1n) is 3.78. The van der Waals surface area contributed by atoms with Crippen LogP contribution in [-0.2, 0) is 11.2 Å². The van der Waals surface area contributed by atoms with Crippen molar-refractivity contribution in [1.82, 2.24) is 4.98 Å². The third-order valence-electron chi connectivity index (χ3n) is 1.75. The molecule has 0 spiro atoms. The van der Waals surface area contributed by atoms with Gasteiger partial charge in [0.2, 0.25) is 0 Å². The van der Waals surface area contributed by atoms with E-state index in [-0.39, 0.29) is 0 Å². The van der Waals surface area contributed by atoms with Crippen molar-refractivity contribution in [2.45, 2.75) is 6.42 Å². The number of carbonyl (C=O) groups is 1. The normalized spacial score (nSPS) is 10.5. The fourth-order valence-corrected chi connectivity index (χ4v) is 2.63. The molecular weight excluding hydrogens is 250 g/mol. The van der Waals surface area contributed by atoms with Crippen LogP contribution in [0.15, 0.2) is 22.1 Å². The molecule has 0 aliphatic rings. The molecule has 2 rings (SSSR count). The van der Waals surface area contributed by atoms with Crippen molar-refractivity contribution in [3.05, 3.63) is 27.7 Å². The molecule has 2 aromatic rings. The second kappa shape index (κ2) is 3.55. The van der Waals surface area contributed by atoms with Crippen LogP contribution >= 0.6 is 27.3 Å². The fourth-order valence-electron chi connectivity index (χ4n) is 1.16. The van der Waals surface area contributed by atoms with Gasteiger partial charge >= 0.3 is 0 Å². The molecule has 0 saturated carbocycles. The van der Waals surface area contributed by atoms with E-state index in [0.29, 0.717) is 6.42 Å². The van der Waals surface area contributed by atoms with Crippen LogP contribution in [0.5, 0.6) is 0 Å². The van der Waals surface area contributed by atoms with E-state index < -0.39 is 0 Å². The predicted octanol–water partition coefficient (Wildman–Crippen LogP) is 2.80. The van der Waals surface area contributed by atoms with E-state index in [0.717, 1.165) is 26.0 Å².